The Morgan fingerprint density at radius 3 is 2.81 bits per heavy atom. The van der Waals surface area contributed by atoms with E-state index in [-0.39, 0.29) is 36.7 Å². The summed E-state index contributed by atoms with van der Waals surface area (Å²) in [6.45, 7) is 9.64. The van der Waals surface area contributed by atoms with Crippen molar-refractivity contribution in [3.05, 3.63) is 64.7 Å². The quantitative estimate of drug-likeness (QED) is 0.313. The van der Waals surface area contributed by atoms with Crippen LogP contribution in [-0.4, -0.2) is 49.6 Å². The molecule has 0 radical (unpaired) electrons. The number of carbonyl (C=O) groups is 1. The molecule has 1 saturated heterocycles. The first-order valence-corrected chi connectivity index (χ1v) is 10.7. The molecular weight excluding hydrogens is 519 g/mol. The first kappa shape index (κ1) is 25.9. The lowest BCUT2D eigenvalue weighted by Crippen LogP contribution is -2.48. The van der Waals surface area contributed by atoms with Gasteiger partial charge in [-0.2, -0.15) is 0 Å². The number of ether oxygens (including phenoxy) is 2. The highest BCUT2D eigenvalue weighted by Crippen LogP contribution is 2.26. The second-order valence-electron chi connectivity index (χ2n) is 7.74. The molecule has 0 aliphatic carbocycles. The Kier molecular flexibility index (Phi) is 10.2. The average molecular weight is 552 g/mol. The van der Waals surface area contributed by atoms with Crippen molar-refractivity contribution in [2.24, 2.45) is 10.7 Å². The van der Waals surface area contributed by atoms with Crippen LogP contribution in [-0.2, 0) is 16.1 Å². The molecule has 3 rings (SSSR count). The van der Waals surface area contributed by atoms with E-state index in [0.29, 0.717) is 18.9 Å². The lowest BCUT2D eigenvalue weighted by molar-refractivity contribution is -0.119. The molecule has 1 atom stereocenters. The van der Waals surface area contributed by atoms with Gasteiger partial charge in [0.2, 0.25) is 0 Å². The number of amides is 1. The van der Waals surface area contributed by atoms with E-state index in [2.05, 4.69) is 49.2 Å². The summed E-state index contributed by atoms with van der Waals surface area (Å²) in [4.78, 5) is 18.0. The first-order chi connectivity index (χ1) is 15.0. The Morgan fingerprint density at radius 1 is 1.28 bits per heavy atom. The Balaban J connectivity index is 0.00000363. The summed E-state index contributed by atoms with van der Waals surface area (Å²) in [7, 11) is 0. The van der Waals surface area contributed by atoms with Crippen LogP contribution in [0.3, 0.4) is 0 Å². The van der Waals surface area contributed by atoms with Crippen molar-refractivity contribution in [1.82, 2.24) is 10.2 Å². The molecule has 2 aromatic carbocycles. The second-order valence-corrected chi connectivity index (χ2v) is 7.74. The van der Waals surface area contributed by atoms with E-state index in [1.54, 1.807) is 6.07 Å². The molecule has 32 heavy (non-hydrogen) atoms. The van der Waals surface area contributed by atoms with Gasteiger partial charge in [-0.3, -0.25) is 4.79 Å². The van der Waals surface area contributed by atoms with E-state index in [9.17, 15) is 4.79 Å². The summed E-state index contributed by atoms with van der Waals surface area (Å²) in [5.74, 6) is 0.977. The summed E-state index contributed by atoms with van der Waals surface area (Å²) in [5.41, 5.74) is 9.88. The van der Waals surface area contributed by atoms with Crippen molar-refractivity contribution in [1.29, 1.82) is 0 Å². The summed E-state index contributed by atoms with van der Waals surface area (Å²) in [5, 5.41) is 3.40. The fourth-order valence-corrected chi connectivity index (χ4v) is 3.70. The van der Waals surface area contributed by atoms with E-state index in [1.165, 1.54) is 16.7 Å². The highest BCUT2D eigenvalue weighted by Gasteiger charge is 2.25. The summed E-state index contributed by atoms with van der Waals surface area (Å²) < 4.78 is 11.5. The maximum absolute atomic E-state index is 10.9. The predicted octanol–water partition coefficient (Wildman–Crippen LogP) is 3.32. The van der Waals surface area contributed by atoms with E-state index < -0.39 is 5.91 Å². The number of aryl methyl sites for hydroxylation is 2. The number of nitrogens with zero attached hydrogens (tertiary/aromatic N) is 2. The van der Waals surface area contributed by atoms with Gasteiger partial charge in [0.15, 0.2) is 12.6 Å². The normalized spacial score (nSPS) is 16.3. The Labute approximate surface area is 207 Å². The van der Waals surface area contributed by atoms with Gasteiger partial charge >= 0.3 is 0 Å². The molecule has 2 aromatic rings. The molecule has 0 aromatic heterocycles. The number of hydrogen-bond acceptors (Lipinski definition) is 4. The molecule has 174 valence electrons. The molecule has 0 saturated carbocycles. The minimum atomic E-state index is -0.497. The van der Waals surface area contributed by atoms with Gasteiger partial charge in [-0.1, -0.05) is 35.9 Å². The molecular formula is C24H33IN4O3. The number of morpholine rings is 1. The molecule has 1 unspecified atom stereocenters. The Bertz CT molecular complexity index is 935. The highest BCUT2D eigenvalue weighted by atomic mass is 127. The summed E-state index contributed by atoms with van der Waals surface area (Å²) in [6.07, 6.45) is 0.0173. The maximum atomic E-state index is 10.9. The molecule has 8 heteroatoms. The molecule has 7 nitrogen and oxygen atoms in total. The van der Waals surface area contributed by atoms with Gasteiger partial charge < -0.3 is 25.4 Å². The molecule has 0 bridgehead atoms. The van der Waals surface area contributed by atoms with Crippen molar-refractivity contribution >= 4 is 35.8 Å². The van der Waals surface area contributed by atoms with Crippen LogP contribution in [0.1, 0.15) is 35.3 Å². The second kappa shape index (κ2) is 12.6. The lowest BCUT2D eigenvalue weighted by atomic mass is 10.00. The van der Waals surface area contributed by atoms with Crippen LogP contribution >= 0.6 is 24.0 Å². The molecule has 1 fully saturated rings. The van der Waals surface area contributed by atoms with Gasteiger partial charge in [-0.25, -0.2) is 4.99 Å². The van der Waals surface area contributed by atoms with Crippen LogP contribution < -0.4 is 15.8 Å². The number of benzene rings is 2. The van der Waals surface area contributed by atoms with Crippen molar-refractivity contribution in [2.75, 3.05) is 32.8 Å². The van der Waals surface area contributed by atoms with Crippen LogP contribution in [0.15, 0.2) is 47.5 Å². The van der Waals surface area contributed by atoms with Gasteiger partial charge in [0, 0.05) is 13.1 Å². The van der Waals surface area contributed by atoms with Crippen molar-refractivity contribution in [3.63, 3.8) is 0 Å². The number of nitrogens with two attached hydrogens (primary N) is 1. The fraction of sp³-hybridized carbons (Fsp3) is 0.417. The van der Waals surface area contributed by atoms with Gasteiger partial charge in [0.05, 0.1) is 19.7 Å². The third kappa shape index (κ3) is 7.37. The molecule has 1 aliphatic heterocycles. The summed E-state index contributed by atoms with van der Waals surface area (Å²) >= 11 is 0. The molecule has 1 amide bonds. The maximum Gasteiger partial charge on any atom is 0.255 e. The van der Waals surface area contributed by atoms with E-state index in [4.69, 9.17) is 20.2 Å². The third-order valence-electron chi connectivity index (χ3n) is 5.16. The number of rotatable bonds is 7. The number of guanidine groups is 1. The SMILES string of the molecule is CCNC(=NCc1cccc(OCC(N)=O)c1)N1CCOC(c2ccc(C)cc2C)C1.I. The predicted molar refractivity (Wildman–Crippen MR) is 138 cm³/mol. The number of carbonyl (C=O) groups excluding carboxylic acids is 1. The number of halogens is 1. The molecule has 1 aliphatic rings. The standard InChI is InChI=1S/C24H32N4O3.HI/c1-4-26-24(27-14-19-6-5-7-20(13-19)31-16-23(25)29)28-10-11-30-22(15-28)21-9-8-17(2)12-18(21)3;/h5-9,12-13,22H,4,10-11,14-16H2,1-3H3,(H2,25,29)(H,26,27);1H. The minimum absolute atomic E-state index is 0. The van der Waals surface area contributed by atoms with Crippen LogP contribution in [0.5, 0.6) is 5.75 Å². The van der Waals surface area contributed by atoms with E-state index in [0.717, 1.165) is 31.2 Å². The third-order valence-corrected chi connectivity index (χ3v) is 5.16. The number of primary amides is 1. The number of hydrogen-bond donors (Lipinski definition) is 2. The monoisotopic (exact) mass is 552 g/mol. The van der Waals surface area contributed by atoms with Crippen LogP contribution in [0.25, 0.3) is 0 Å². The molecule has 0 spiro atoms. The largest absolute Gasteiger partial charge is 0.484 e. The minimum Gasteiger partial charge on any atom is -0.484 e. The number of aliphatic imine (C=N–C) groups is 1. The van der Waals surface area contributed by atoms with Gasteiger partial charge in [-0.05, 0) is 49.6 Å². The van der Waals surface area contributed by atoms with Gasteiger partial charge in [0.1, 0.15) is 11.9 Å². The van der Waals surface area contributed by atoms with Crippen molar-refractivity contribution < 1.29 is 14.3 Å². The topological polar surface area (TPSA) is 89.2 Å². The zero-order chi connectivity index (χ0) is 22.2. The van der Waals surface area contributed by atoms with Crippen molar-refractivity contribution in [3.8, 4) is 5.75 Å². The number of nitrogens with one attached hydrogen (secondary N) is 1. The summed E-state index contributed by atoms with van der Waals surface area (Å²) in [6, 6.07) is 14.1. The van der Waals surface area contributed by atoms with Crippen LogP contribution in [0.4, 0.5) is 0 Å². The fourth-order valence-electron chi connectivity index (χ4n) is 3.70. The molecule has 1 heterocycles. The Morgan fingerprint density at radius 2 is 2.09 bits per heavy atom. The zero-order valence-electron chi connectivity index (χ0n) is 19.0. The van der Waals surface area contributed by atoms with E-state index >= 15 is 0 Å². The van der Waals surface area contributed by atoms with Crippen LogP contribution in [0, 0.1) is 13.8 Å². The average Bonchev–Trinajstić information content (AvgIpc) is 2.75. The van der Waals surface area contributed by atoms with Crippen molar-refractivity contribution in [2.45, 2.75) is 33.4 Å². The smallest absolute Gasteiger partial charge is 0.255 e. The highest BCUT2D eigenvalue weighted by molar-refractivity contribution is 14.0. The van der Waals surface area contributed by atoms with E-state index in [1.807, 2.05) is 18.2 Å². The van der Waals surface area contributed by atoms with Gasteiger partial charge in [-0.15, -0.1) is 24.0 Å². The lowest BCUT2D eigenvalue weighted by Gasteiger charge is -2.36. The van der Waals surface area contributed by atoms with Crippen LogP contribution in [0.2, 0.25) is 0 Å². The first-order valence-electron chi connectivity index (χ1n) is 10.7. The van der Waals surface area contributed by atoms with Gasteiger partial charge in [0.25, 0.3) is 5.91 Å². The Hall–Kier alpha value is -2.33. The zero-order valence-corrected chi connectivity index (χ0v) is 21.3. The molecule has 3 N–H and O–H groups in total.